The van der Waals surface area contributed by atoms with Crippen molar-refractivity contribution >= 4 is 17.8 Å². The van der Waals surface area contributed by atoms with Crippen LogP contribution in [0.5, 0.6) is 5.75 Å². The van der Waals surface area contributed by atoms with Gasteiger partial charge in [-0.15, -0.1) is 0 Å². The van der Waals surface area contributed by atoms with Crippen molar-refractivity contribution in [2.24, 2.45) is 0 Å². The highest BCUT2D eigenvalue weighted by Crippen LogP contribution is 2.41. The lowest BCUT2D eigenvalue weighted by Crippen LogP contribution is -2.17. The van der Waals surface area contributed by atoms with E-state index in [0.29, 0.717) is 6.61 Å². The van der Waals surface area contributed by atoms with Gasteiger partial charge in [0.05, 0.1) is 11.9 Å². The SMILES string of the molecule is CCOc1ccccc1[P@@](C)(=O)c1ccccc1. The fourth-order valence-electron chi connectivity index (χ4n) is 1.94. The highest BCUT2D eigenvalue weighted by atomic mass is 31.2. The van der Waals surface area contributed by atoms with Crippen molar-refractivity contribution in [2.45, 2.75) is 6.92 Å². The predicted molar refractivity (Wildman–Crippen MR) is 76.9 cm³/mol. The van der Waals surface area contributed by atoms with Crippen molar-refractivity contribution in [1.29, 1.82) is 0 Å². The minimum absolute atomic E-state index is 0.575. The average Bonchev–Trinajstić information content (AvgIpc) is 2.41. The highest BCUT2D eigenvalue weighted by molar-refractivity contribution is 7.78. The fraction of sp³-hybridized carbons (Fsp3) is 0.200. The molecule has 2 aromatic carbocycles. The molecule has 3 heteroatoms. The van der Waals surface area contributed by atoms with E-state index in [1.807, 2.05) is 61.5 Å². The van der Waals surface area contributed by atoms with E-state index in [0.717, 1.165) is 16.4 Å². The van der Waals surface area contributed by atoms with Crippen LogP contribution in [0.15, 0.2) is 54.6 Å². The van der Waals surface area contributed by atoms with E-state index in [2.05, 4.69) is 0 Å². The van der Waals surface area contributed by atoms with Gasteiger partial charge in [-0.2, -0.15) is 0 Å². The molecule has 1 atom stereocenters. The minimum Gasteiger partial charge on any atom is -0.493 e. The van der Waals surface area contributed by atoms with Crippen molar-refractivity contribution in [1.82, 2.24) is 0 Å². The molecule has 0 aliphatic heterocycles. The third-order valence-corrected chi connectivity index (χ3v) is 5.45. The summed E-state index contributed by atoms with van der Waals surface area (Å²) >= 11 is 0. The summed E-state index contributed by atoms with van der Waals surface area (Å²) in [7, 11) is -2.59. The zero-order chi connectivity index (χ0) is 13.0. The first-order valence-corrected chi connectivity index (χ1v) is 8.17. The smallest absolute Gasteiger partial charge is 0.143 e. The molecule has 0 saturated heterocycles. The van der Waals surface area contributed by atoms with Crippen LogP contribution in [-0.4, -0.2) is 13.3 Å². The van der Waals surface area contributed by atoms with Gasteiger partial charge in [0.2, 0.25) is 0 Å². The summed E-state index contributed by atoms with van der Waals surface area (Å²) in [6.07, 6.45) is 0. The van der Waals surface area contributed by atoms with E-state index in [4.69, 9.17) is 4.74 Å². The molecule has 94 valence electrons. The van der Waals surface area contributed by atoms with E-state index in [1.54, 1.807) is 6.66 Å². The van der Waals surface area contributed by atoms with Gasteiger partial charge in [-0.1, -0.05) is 42.5 Å². The molecule has 0 fully saturated rings. The van der Waals surface area contributed by atoms with Crippen LogP contribution in [0.3, 0.4) is 0 Å². The van der Waals surface area contributed by atoms with Gasteiger partial charge in [-0.05, 0) is 25.7 Å². The molecule has 0 amide bonds. The second kappa shape index (κ2) is 5.41. The van der Waals surface area contributed by atoms with Crippen LogP contribution in [0.4, 0.5) is 0 Å². The van der Waals surface area contributed by atoms with Crippen molar-refractivity contribution in [3.05, 3.63) is 54.6 Å². The molecule has 0 heterocycles. The maximum atomic E-state index is 13.0. The van der Waals surface area contributed by atoms with E-state index < -0.39 is 7.14 Å². The number of benzene rings is 2. The number of ether oxygens (including phenoxy) is 1. The summed E-state index contributed by atoms with van der Waals surface area (Å²) < 4.78 is 18.6. The quantitative estimate of drug-likeness (QED) is 0.790. The van der Waals surface area contributed by atoms with Crippen LogP contribution in [0.1, 0.15) is 6.92 Å². The van der Waals surface area contributed by atoms with Crippen LogP contribution in [-0.2, 0) is 4.57 Å². The average molecular weight is 260 g/mol. The van der Waals surface area contributed by atoms with Crippen molar-refractivity contribution in [3.8, 4) is 5.75 Å². The first-order valence-electron chi connectivity index (χ1n) is 6.01. The lowest BCUT2D eigenvalue weighted by molar-refractivity contribution is 0.343. The summed E-state index contributed by atoms with van der Waals surface area (Å²) in [5.41, 5.74) is 0. The second-order valence-electron chi connectivity index (χ2n) is 4.16. The molecule has 0 radical (unpaired) electrons. The summed E-state index contributed by atoms with van der Waals surface area (Å²) in [5, 5.41) is 1.65. The number of hydrogen-bond donors (Lipinski definition) is 0. The van der Waals surface area contributed by atoms with Crippen LogP contribution >= 0.6 is 7.14 Å². The van der Waals surface area contributed by atoms with Gasteiger partial charge in [0.25, 0.3) is 0 Å². The Balaban J connectivity index is 2.51. The molecule has 2 aromatic rings. The molecule has 0 aromatic heterocycles. The Bertz CT molecular complexity index is 564. The number of rotatable bonds is 4. The van der Waals surface area contributed by atoms with Gasteiger partial charge in [0.15, 0.2) is 0 Å². The molecule has 0 N–H and O–H groups in total. The molecule has 0 spiro atoms. The molecule has 0 bridgehead atoms. The highest BCUT2D eigenvalue weighted by Gasteiger charge is 2.24. The summed E-state index contributed by atoms with van der Waals surface area (Å²) in [6, 6.07) is 17.1. The topological polar surface area (TPSA) is 26.3 Å². The van der Waals surface area contributed by atoms with E-state index in [9.17, 15) is 4.57 Å². The third-order valence-electron chi connectivity index (χ3n) is 2.87. The fourth-order valence-corrected chi connectivity index (χ4v) is 3.89. The predicted octanol–water partition coefficient (Wildman–Crippen LogP) is 3.03. The Hall–Kier alpha value is -1.53. The number of para-hydroxylation sites is 1. The van der Waals surface area contributed by atoms with Gasteiger partial charge < -0.3 is 9.30 Å². The lowest BCUT2D eigenvalue weighted by atomic mass is 10.3. The van der Waals surface area contributed by atoms with E-state index in [1.165, 1.54) is 0 Å². The monoisotopic (exact) mass is 260 g/mol. The van der Waals surface area contributed by atoms with Crippen molar-refractivity contribution < 1.29 is 9.30 Å². The largest absolute Gasteiger partial charge is 0.493 e. The van der Waals surface area contributed by atoms with E-state index >= 15 is 0 Å². The van der Waals surface area contributed by atoms with Crippen molar-refractivity contribution in [3.63, 3.8) is 0 Å². The minimum atomic E-state index is -2.59. The Labute approximate surface area is 108 Å². The maximum absolute atomic E-state index is 13.0. The first-order chi connectivity index (χ1) is 8.66. The van der Waals surface area contributed by atoms with Crippen LogP contribution in [0.2, 0.25) is 0 Å². The molecular weight excluding hydrogens is 243 g/mol. The van der Waals surface area contributed by atoms with Gasteiger partial charge >= 0.3 is 0 Å². The second-order valence-corrected chi connectivity index (χ2v) is 7.01. The zero-order valence-corrected chi connectivity index (χ0v) is 11.6. The Morgan fingerprint density at radius 2 is 1.61 bits per heavy atom. The van der Waals surface area contributed by atoms with E-state index in [-0.39, 0.29) is 0 Å². The van der Waals surface area contributed by atoms with Gasteiger partial charge in [0.1, 0.15) is 12.9 Å². The molecule has 0 aliphatic rings. The first kappa shape index (κ1) is 12.9. The summed E-state index contributed by atoms with van der Waals surface area (Å²) in [6.45, 7) is 4.30. The normalized spacial score (nSPS) is 13.9. The maximum Gasteiger partial charge on any atom is 0.143 e. The van der Waals surface area contributed by atoms with Gasteiger partial charge in [-0.25, -0.2) is 0 Å². The molecule has 2 nitrogen and oxygen atoms in total. The van der Waals surface area contributed by atoms with Crippen molar-refractivity contribution in [2.75, 3.05) is 13.3 Å². The molecule has 2 rings (SSSR count). The van der Waals surface area contributed by atoms with Crippen LogP contribution < -0.4 is 15.3 Å². The van der Waals surface area contributed by atoms with Crippen LogP contribution in [0.25, 0.3) is 0 Å². The van der Waals surface area contributed by atoms with Crippen LogP contribution in [0, 0.1) is 0 Å². The molecule has 0 aliphatic carbocycles. The molecule has 0 unspecified atom stereocenters. The Kier molecular flexibility index (Phi) is 3.88. The number of hydrogen-bond acceptors (Lipinski definition) is 2. The Morgan fingerprint density at radius 3 is 2.28 bits per heavy atom. The summed E-state index contributed by atoms with van der Waals surface area (Å²) in [5.74, 6) is 0.717. The zero-order valence-electron chi connectivity index (χ0n) is 10.7. The molecular formula is C15H17O2P. The van der Waals surface area contributed by atoms with Gasteiger partial charge in [-0.3, -0.25) is 0 Å². The van der Waals surface area contributed by atoms with Gasteiger partial charge in [0, 0.05) is 5.30 Å². The standard InChI is InChI=1S/C15H17O2P/c1-3-17-14-11-7-8-12-15(14)18(2,16)13-9-5-4-6-10-13/h4-12H,3H2,1-2H3/t18-/m0/s1. The molecule has 0 saturated carbocycles. The summed E-state index contributed by atoms with van der Waals surface area (Å²) in [4.78, 5) is 0. The lowest BCUT2D eigenvalue weighted by Gasteiger charge is -2.17. The third kappa shape index (κ3) is 2.49. The molecule has 18 heavy (non-hydrogen) atoms. The Morgan fingerprint density at radius 1 is 1.00 bits per heavy atom.